The van der Waals surface area contributed by atoms with Crippen molar-refractivity contribution < 1.29 is 57.2 Å². The number of carbonyl (C=O) groups excluding carboxylic acids is 2. The number of benzene rings is 4. The molecule has 4 aromatic carbocycles. The lowest BCUT2D eigenvalue weighted by Crippen LogP contribution is -2.56. The normalized spacial score (nSPS) is 22.7. The maximum Gasteiger partial charge on any atom is 0.204 e. The number of rotatable bonds is 8. The Bertz CT molecular complexity index is 2100. The van der Waals surface area contributed by atoms with Crippen LogP contribution in [0.1, 0.15) is 45.5 Å². The van der Waals surface area contributed by atoms with Gasteiger partial charge in [0.25, 0.3) is 0 Å². The van der Waals surface area contributed by atoms with Crippen LogP contribution in [-0.2, 0) is 35.3 Å². The van der Waals surface area contributed by atoms with Gasteiger partial charge in [0.05, 0.1) is 73.1 Å². The maximum absolute atomic E-state index is 12.4. The number of aliphatic carboxylic acids is 2. The van der Waals surface area contributed by atoms with Crippen molar-refractivity contribution in [3.63, 3.8) is 0 Å². The van der Waals surface area contributed by atoms with Crippen molar-refractivity contribution in [3.8, 4) is 46.0 Å². The van der Waals surface area contributed by atoms with Crippen LogP contribution < -0.4 is 38.6 Å². The minimum atomic E-state index is -1.16. The highest BCUT2D eigenvalue weighted by Gasteiger charge is 2.44. The van der Waals surface area contributed by atoms with E-state index in [1.807, 2.05) is 74.8 Å². The van der Waals surface area contributed by atoms with Crippen LogP contribution in [-0.4, -0.2) is 89.6 Å². The van der Waals surface area contributed by atoms with Crippen LogP contribution in [0, 0.1) is 0 Å². The summed E-state index contributed by atoms with van der Waals surface area (Å²) in [5, 5.41) is 24.6. The first-order chi connectivity index (χ1) is 25.9. The fourth-order valence-corrected chi connectivity index (χ4v) is 8.72. The molecule has 4 unspecified atom stereocenters. The van der Waals surface area contributed by atoms with E-state index in [-0.39, 0.29) is 28.1 Å². The van der Waals surface area contributed by atoms with E-state index in [2.05, 4.69) is 0 Å². The van der Waals surface area contributed by atoms with Gasteiger partial charge in [-0.15, -0.1) is 0 Å². The number of methoxy groups -OCH3 is 4. The smallest absolute Gasteiger partial charge is 0.204 e. The standard InChI is InChI=1S/C42H46N2O10/c1-43(23-38(45)46)15-13-27-20-34(50-4)36-22-30(27)31(43)17-25-7-10-29(11-8-25)53-35-19-26(9-12-33(35)49-3)18-32-40-28(14-16-44(32,2)24-39(47)48)21-37(51-5)41(52-6)42(40)54-36/h7-12,19-22,31-32H,13-18,23-24H2,1-6H3. The van der Waals surface area contributed by atoms with Crippen molar-refractivity contribution in [2.45, 2.75) is 37.8 Å². The van der Waals surface area contributed by atoms with E-state index < -0.39 is 18.0 Å². The molecule has 0 fully saturated rings. The lowest BCUT2D eigenvalue weighted by atomic mass is 9.85. The average molecular weight is 739 g/mol. The van der Waals surface area contributed by atoms with Gasteiger partial charge in [-0.25, -0.2) is 0 Å². The summed E-state index contributed by atoms with van der Waals surface area (Å²) < 4.78 is 37.4. The summed E-state index contributed by atoms with van der Waals surface area (Å²) in [4.78, 5) is 24.6. The molecule has 0 amide bonds. The molecule has 0 saturated heterocycles. The molecule has 4 aliphatic rings. The zero-order chi connectivity index (χ0) is 38.4. The van der Waals surface area contributed by atoms with E-state index in [4.69, 9.17) is 28.4 Å². The van der Waals surface area contributed by atoms with Crippen LogP contribution in [0.4, 0.5) is 0 Å². The van der Waals surface area contributed by atoms with Gasteiger partial charge in [-0.1, -0.05) is 18.2 Å². The number of fused-ring (bicyclic) bond motifs is 2. The van der Waals surface area contributed by atoms with Crippen LogP contribution in [0.2, 0.25) is 0 Å². The van der Waals surface area contributed by atoms with Gasteiger partial charge in [0.15, 0.2) is 34.5 Å². The summed E-state index contributed by atoms with van der Waals surface area (Å²) in [6, 6.07) is 18.7. The molecule has 6 bridgehead atoms. The van der Waals surface area contributed by atoms with Crippen molar-refractivity contribution in [2.75, 3.05) is 68.7 Å². The van der Waals surface area contributed by atoms with Gasteiger partial charge in [0.2, 0.25) is 5.75 Å². The maximum atomic E-state index is 12.4. The number of carboxylic acids is 2. The second-order valence-corrected chi connectivity index (χ2v) is 15.0. The van der Waals surface area contributed by atoms with Gasteiger partial charge in [0, 0.05) is 31.2 Å². The Morgan fingerprint density at radius 3 is 1.87 bits per heavy atom. The Hall–Kier alpha value is -5.46. The summed E-state index contributed by atoms with van der Waals surface area (Å²) >= 11 is 0. The second kappa shape index (κ2) is 14.4. The number of ether oxygens (including phenoxy) is 6. The van der Waals surface area contributed by atoms with Gasteiger partial charge in [-0.3, -0.25) is 0 Å². The SMILES string of the molecule is COc1ccc2cc1Oc1ccc(cc1)CC1c3cc(c(OC)cc3CC[N+]1(C)CC(=O)[O-])Oc1c(OC)c(OC)cc3c1C(C2)[N+](C)(CC(=O)[O-])CC3. The molecule has 8 rings (SSSR count). The van der Waals surface area contributed by atoms with E-state index in [1.54, 1.807) is 28.4 Å². The largest absolute Gasteiger partial charge is 0.544 e. The van der Waals surface area contributed by atoms with Crippen LogP contribution in [0.25, 0.3) is 0 Å². The molecule has 0 spiro atoms. The lowest BCUT2D eigenvalue weighted by molar-refractivity contribution is -0.936. The molecular weight excluding hydrogens is 692 g/mol. The van der Waals surface area contributed by atoms with Crippen LogP contribution >= 0.6 is 0 Å². The fraction of sp³-hybridized carbons (Fsp3) is 0.381. The summed E-state index contributed by atoms with van der Waals surface area (Å²) in [5.41, 5.74) is 5.59. The Morgan fingerprint density at radius 2 is 1.24 bits per heavy atom. The fourth-order valence-electron chi connectivity index (χ4n) is 8.72. The molecule has 4 aliphatic heterocycles. The lowest BCUT2D eigenvalue weighted by Gasteiger charge is -2.47. The van der Waals surface area contributed by atoms with Crippen molar-refractivity contribution in [1.82, 2.24) is 0 Å². The molecule has 284 valence electrons. The van der Waals surface area contributed by atoms with E-state index >= 15 is 0 Å². The molecular formula is C42H46N2O10. The summed E-state index contributed by atoms with van der Waals surface area (Å²) in [7, 11) is 10.2. The van der Waals surface area contributed by atoms with Gasteiger partial charge in [0.1, 0.15) is 30.9 Å². The number of carbonyl (C=O) groups is 2. The molecule has 0 N–H and O–H groups in total. The first-order valence-electron chi connectivity index (χ1n) is 18.1. The van der Waals surface area contributed by atoms with Gasteiger partial charge in [-0.05, 0) is 64.7 Å². The van der Waals surface area contributed by atoms with E-state index in [9.17, 15) is 19.8 Å². The highest BCUT2D eigenvalue weighted by molar-refractivity contribution is 5.67. The summed E-state index contributed by atoms with van der Waals surface area (Å²) in [6.07, 6.45) is 2.10. The molecule has 0 radical (unpaired) electrons. The zero-order valence-electron chi connectivity index (χ0n) is 31.6. The van der Waals surface area contributed by atoms with Crippen molar-refractivity contribution in [2.24, 2.45) is 0 Å². The quantitative estimate of drug-likeness (QED) is 0.247. The van der Waals surface area contributed by atoms with Crippen molar-refractivity contribution in [3.05, 3.63) is 94.0 Å². The number of hydrogen-bond donors (Lipinski definition) is 0. The van der Waals surface area contributed by atoms with E-state index in [1.165, 1.54) is 0 Å². The third kappa shape index (κ3) is 6.75. The number of likely N-dealkylation sites (N-methyl/N-ethyl adjacent to an activating group) is 2. The van der Waals surface area contributed by atoms with E-state index in [0.29, 0.717) is 84.8 Å². The molecule has 54 heavy (non-hydrogen) atoms. The molecule has 12 heteroatoms. The van der Waals surface area contributed by atoms with Gasteiger partial charge in [-0.2, -0.15) is 0 Å². The molecule has 12 nitrogen and oxygen atoms in total. The Labute approximate surface area is 315 Å². The zero-order valence-corrected chi connectivity index (χ0v) is 31.6. The minimum absolute atomic E-state index is 0.132. The predicted molar refractivity (Wildman–Crippen MR) is 194 cm³/mol. The van der Waals surface area contributed by atoms with Crippen LogP contribution in [0.15, 0.2) is 60.7 Å². The highest BCUT2D eigenvalue weighted by atomic mass is 16.5. The Morgan fingerprint density at radius 1 is 0.667 bits per heavy atom. The molecule has 4 atom stereocenters. The Balaban J connectivity index is 1.52. The molecule has 0 aliphatic carbocycles. The monoisotopic (exact) mass is 738 g/mol. The number of hydrogen-bond acceptors (Lipinski definition) is 10. The number of quaternary nitrogens is 2. The van der Waals surface area contributed by atoms with Gasteiger partial charge < -0.3 is 57.2 Å². The highest BCUT2D eigenvalue weighted by Crippen LogP contribution is 2.53. The molecule has 0 saturated carbocycles. The number of carboxylic acid groups (broad SMARTS) is 2. The second-order valence-electron chi connectivity index (χ2n) is 15.0. The minimum Gasteiger partial charge on any atom is -0.544 e. The molecule has 0 aromatic heterocycles. The first kappa shape index (κ1) is 36.9. The van der Waals surface area contributed by atoms with Gasteiger partial charge >= 0.3 is 0 Å². The van der Waals surface area contributed by atoms with Crippen molar-refractivity contribution >= 4 is 11.9 Å². The average Bonchev–Trinajstić information content (AvgIpc) is 3.13. The topological polar surface area (TPSA) is 136 Å². The van der Waals surface area contributed by atoms with E-state index in [0.717, 1.165) is 33.4 Å². The third-order valence-electron chi connectivity index (χ3n) is 11.6. The predicted octanol–water partition coefficient (Wildman–Crippen LogP) is 3.69. The molecule has 4 aromatic rings. The van der Waals surface area contributed by atoms with Crippen LogP contribution in [0.5, 0.6) is 46.0 Å². The number of nitrogens with zero attached hydrogens (tertiary/aromatic N) is 2. The summed E-state index contributed by atoms with van der Waals surface area (Å²) in [5.74, 6) is 1.48. The van der Waals surface area contributed by atoms with Crippen LogP contribution in [0.3, 0.4) is 0 Å². The first-order valence-corrected chi connectivity index (χ1v) is 18.1. The Kier molecular flexibility index (Phi) is 9.84. The summed E-state index contributed by atoms with van der Waals surface area (Å²) in [6.45, 7) is 0.700. The van der Waals surface area contributed by atoms with Crippen molar-refractivity contribution in [1.29, 1.82) is 0 Å². The third-order valence-corrected chi connectivity index (χ3v) is 11.6. The molecule has 4 heterocycles.